The highest BCUT2D eigenvalue weighted by atomic mass is 16.5. The SMILES string of the molecule is C=C[C@H]1CN2CCc3c([nH]c4ccc(OC)cc34)[C@@H]2C[C@@H]1C[C@H]1NCCc2c1[nH]c1ccccc21. The molecule has 1 fully saturated rings. The number of methoxy groups -OCH3 is 1. The molecule has 0 aliphatic carbocycles. The van der Waals surface area contributed by atoms with Gasteiger partial charge in [0.2, 0.25) is 0 Å². The van der Waals surface area contributed by atoms with Gasteiger partial charge in [-0.1, -0.05) is 24.3 Å². The van der Waals surface area contributed by atoms with Gasteiger partial charge < -0.3 is 20.0 Å². The Morgan fingerprint density at radius 1 is 1.03 bits per heavy atom. The lowest BCUT2D eigenvalue weighted by Crippen LogP contribution is -2.46. The van der Waals surface area contributed by atoms with Gasteiger partial charge in [-0.2, -0.15) is 0 Å². The number of hydrogen-bond acceptors (Lipinski definition) is 3. The third kappa shape index (κ3) is 3.36. The number of rotatable bonds is 4. The predicted molar refractivity (Wildman–Crippen MR) is 142 cm³/mol. The monoisotopic (exact) mass is 466 g/mol. The van der Waals surface area contributed by atoms with Crippen LogP contribution in [0.1, 0.15) is 47.4 Å². The first kappa shape index (κ1) is 21.3. The van der Waals surface area contributed by atoms with Crippen molar-refractivity contribution in [3.63, 3.8) is 0 Å². The molecular formula is C30H34N4O. The van der Waals surface area contributed by atoms with Crippen molar-refractivity contribution in [2.45, 2.75) is 37.8 Å². The Kier molecular flexibility index (Phi) is 5.04. The van der Waals surface area contributed by atoms with Crippen LogP contribution in [-0.4, -0.2) is 41.6 Å². The normalized spacial score (nSPS) is 26.3. The van der Waals surface area contributed by atoms with Crippen molar-refractivity contribution in [3.8, 4) is 5.75 Å². The van der Waals surface area contributed by atoms with Crippen molar-refractivity contribution in [2.24, 2.45) is 11.8 Å². The molecule has 3 aliphatic heterocycles. The Balaban J connectivity index is 1.21. The summed E-state index contributed by atoms with van der Waals surface area (Å²) in [6.07, 6.45) is 6.73. The summed E-state index contributed by atoms with van der Waals surface area (Å²) in [7, 11) is 1.75. The first-order valence-electron chi connectivity index (χ1n) is 13.1. The molecule has 5 heterocycles. The molecule has 180 valence electrons. The summed E-state index contributed by atoms with van der Waals surface area (Å²) < 4.78 is 5.52. The fraction of sp³-hybridized carbons (Fsp3) is 0.400. The Bertz CT molecular complexity index is 1410. The van der Waals surface area contributed by atoms with Crippen molar-refractivity contribution in [2.75, 3.05) is 26.7 Å². The van der Waals surface area contributed by atoms with Crippen molar-refractivity contribution < 1.29 is 4.74 Å². The van der Waals surface area contributed by atoms with Crippen molar-refractivity contribution in [1.82, 2.24) is 20.2 Å². The minimum atomic E-state index is 0.375. The lowest BCUT2D eigenvalue weighted by atomic mass is 9.75. The summed E-state index contributed by atoms with van der Waals surface area (Å²) in [4.78, 5) is 10.3. The second-order valence-electron chi connectivity index (χ2n) is 10.6. The summed E-state index contributed by atoms with van der Waals surface area (Å²) >= 11 is 0. The Hall–Kier alpha value is -3.02. The summed E-state index contributed by atoms with van der Waals surface area (Å²) in [5.41, 5.74) is 8.34. The highest BCUT2D eigenvalue weighted by molar-refractivity contribution is 5.87. The fourth-order valence-corrected chi connectivity index (χ4v) is 7.19. The van der Waals surface area contributed by atoms with E-state index in [1.54, 1.807) is 7.11 Å². The van der Waals surface area contributed by atoms with Gasteiger partial charge in [-0.25, -0.2) is 0 Å². The van der Waals surface area contributed by atoms with E-state index in [4.69, 9.17) is 4.74 Å². The van der Waals surface area contributed by atoms with Gasteiger partial charge in [0.25, 0.3) is 0 Å². The number of piperidine rings is 1. The van der Waals surface area contributed by atoms with Gasteiger partial charge in [-0.15, -0.1) is 6.58 Å². The van der Waals surface area contributed by atoms with E-state index in [1.165, 1.54) is 50.7 Å². The average molecular weight is 467 g/mol. The third-order valence-corrected chi connectivity index (χ3v) is 8.95. The number of hydrogen-bond donors (Lipinski definition) is 3. The smallest absolute Gasteiger partial charge is 0.119 e. The van der Waals surface area contributed by atoms with Gasteiger partial charge in [-0.05, 0) is 79.5 Å². The molecule has 1 saturated heterocycles. The molecule has 4 aromatic rings. The maximum absolute atomic E-state index is 5.52. The van der Waals surface area contributed by atoms with Crippen molar-refractivity contribution in [3.05, 3.63) is 77.6 Å². The van der Waals surface area contributed by atoms with Crippen LogP contribution in [0.15, 0.2) is 55.1 Å². The van der Waals surface area contributed by atoms with E-state index in [0.29, 0.717) is 23.9 Å². The number of aromatic amines is 2. The molecular weight excluding hydrogens is 432 g/mol. The Morgan fingerprint density at radius 3 is 2.74 bits per heavy atom. The molecule has 0 radical (unpaired) electrons. The van der Waals surface area contributed by atoms with Crippen LogP contribution in [0.3, 0.4) is 0 Å². The van der Waals surface area contributed by atoms with E-state index in [1.807, 2.05) is 0 Å². The molecule has 2 aromatic heterocycles. The highest BCUT2D eigenvalue weighted by Crippen LogP contribution is 2.46. The summed E-state index contributed by atoms with van der Waals surface area (Å²) in [6.45, 7) is 7.53. The van der Waals surface area contributed by atoms with Gasteiger partial charge in [0.15, 0.2) is 0 Å². The number of H-pyrrole nitrogens is 2. The summed E-state index contributed by atoms with van der Waals surface area (Å²) in [5, 5.41) is 6.58. The standard InChI is InChI=1S/C30H34N4O/c1-3-18-17-34-13-11-23-24-16-20(35-2)8-9-26(24)33-30(23)28(34)15-19(18)14-27-29-22(10-12-31-27)21-6-4-5-7-25(21)32-29/h3-9,16,18-19,27-28,31-33H,1,10-15,17H2,2H3/t18-,19-,27+,28-/m0/s1. The molecule has 0 unspecified atom stereocenters. The van der Waals surface area contributed by atoms with Crippen LogP contribution >= 0.6 is 0 Å². The number of para-hydroxylation sites is 1. The van der Waals surface area contributed by atoms with E-state index in [0.717, 1.165) is 44.6 Å². The molecule has 5 heteroatoms. The lowest BCUT2D eigenvalue weighted by Gasteiger charge is -2.46. The van der Waals surface area contributed by atoms with E-state index in [2.05, 4.69) is 75.3 Å². The highest BCUT2D eigenvalue weighted by Gasteiger charge is 2.40. The zero-order valence-electron chi connectivity index (χ0n) is 20.4. The van der Waals surface area contributed by atoms with Crippen molar-refractivity contribution in [1.29, 1.82) is 0 Å². The van der Waals surface area contributed by atoms with E-state index in [-0.39, 0.29) is 0 Å². The van der Waals surface area contributed by atoms with Crippen LogP contribution in [-0.2, 0) is 12.8 Å². The second kappa shape index (κ2) is 8.28. The largest absolute Gasteiger partial charge is 0.497 e. The molecule has 2 aromatic carbocycles. The first-order valence-corrected chi connectivity index (χ1v) is 13.1. The summed E-state index contributed by atoms with van der Waals surface area (Å²) in [5.74, 6) is 2.05. The number of benzene rings is 2. The average Bonchev–Trinajstić information content (AvgIpc) is 3.47. The minimum absolute atomic E-state index is 0.375. The molecule has 7 rings (SSSR count). The molecule has 0 spiro atoms. The number of nitrogens with zero attached hydrogens (tertiary/aromatic N) is 1. The number of fused-ring (bicyclic) bond motifs is 8. The fourth-order valence-electron chi connectivity index (χ4n) is 7.19. The number of ether oxygens (including phenoxy) is 1. The predicted octanol–water partition coefficient (Wildman–Crippen LogP) is 5.66. The molecule has 35 heavy (non-hydrogen) atoms. The minimum Gasteiger partial charge on any atom is -0.497 e. The van der Waals surface area contributed by atoms with Gasteiger partial charge >= 0.3 is 0 Å². The van der Waals surface area contributed by atoms with Crippen LogP contribution in [0.4, 0.5) is 0 Å². The van der Waals surface area contributed by atoms with Gasteiger partial charge in [0, 0.05) is 52.3 Å². The van der Waals surface area contributed by atoms with Crippen LogP contribution < -0.4 is 10.1 Å². The van der Waals surface area contributed by atoms with Crippen molar-refractivity contribution >= 4 is 21.8 Å². The Labute approximate surface area is 206 Å². The second-order valence-corrected chi connectivity index (χ2v) is 10.6. The summed E-state index contributed by atoms with van der Waals surface area (Å²) in [6, 6.07) is 16.0. The molecule has 0 amide bonds. The topological polar surface area (TPSA) is 56.1 Å². The first-order chi connectivity index (χ1) is 17.2. The number of nitrogens with one attached hydrogen (secondary N) is 3. The van der Waals surface area contributed by atoms with Crippen LogP contribution in [0, 0.1) is 11.8 Å². The zero-order chi connectivity index (χ0) is 23.5. The quantitative estimate of drug-likeness (QED) is 0.340. The lowest BCUT2D eigenvalue weighted by molar-refractivity contribution is 0.0623. The van der Waals surface area contributed by atoms with Crippen LogP contribution in [0.25, 0.3) is 21.8 Å². The van der Waals surface area contributed by atoms with Gasteiger partial charge in [0.1, 0.15) is 5.75 Å². The maximum atomic E-state index is 5.52. The third-order valence-electron chi connectivity index (χ3n) is 8.95. The van der Waals surface area contributed by atoms with E-state index < -0.39 is 0 Å². The van der Waals surface area contributed by atoms with Gasteiger partial charge in [-0.3, -0.25) is 4.90 Å². The molecule has 0 bridgehead atoms. The Morgan fingerprint density at radius 2 is 1.86 bits per heavy atom. The maximum Gasteiger partial charge on any atom is 0.119 e. The molecule has 4 atom stereocenters. The molecule has 0 saturated carbocycles. The van der Waals surface area contributed by atoms with Crippen LogP contribution in [0.2, 0.25) is 0 Å². The molecule has 5 nitrogen and oxygen atoms in total. The van der Waals surface area contributed by atoms with E-state index >= 15 is 0 Å². The van der Waals surface area contributed by atoms with Gasteiger partial charge in [0.05, 0.1) is 13.2 Å². The van der Waals surface area contributed by atoms with Crippen LogP contribution in [0.5, 0.6) is 5.75 Å². The molecule has 3 aliphatic rings. The zero-order valence-corrected chi connectivity index (χ0v) is 20.4. The van der Waals surface area contributed by atoms with E-state index in [9.17, 15) is 0 Å². The molecule has 3 N–H and O–H groups in total. The number of aromatic nitrogens is 2.